The number of hydrogen-bond acceptors (Lipinski definition) is 9. The summed E-state index contributed by atoms with van der Waals surface area (Å²) < 4.78 is 58.3. The number of carboxylic acid groups (broad SMARTS) is 1. The second kappa shape index (κ2) is 9.81. The van der Waals surface area contributed by atoms with Crippen LogP contribution in [0.15, 0.2) is 86.9 Å². The van der Waals surface area contributed by atoms with Gasteiger partial charge in [0.1, 0.15) is 10.6 Å². The van der Waals surface area contributed by atoms with Crippen molar-refractivity contribution in [3.8, 4) is 5.75 Å². The summed E-state index contributed by atoms with van der Waals surface area (Å²) in [5.74, 6) is -1.63. The highest BCUT2D eigenvalue weighted by Gasteiger charge is 2.25. The molecular formula is C22H14N2O11S2. The molecule has 13 nitrogen and oxygen atoms in total. The molecule has 0 bridgehead atoms. The van der Waals surface area contributed by atoms with E-state index in [1.54, 1.807) is 0 Å². The van der Waals surface area contributed by atoms with Crippen molar-refractivity contribution in [2.75, 3.05) is 4.31 Å². The normalized spacial score (nSPS) is 12.1. The zero-order valence-corrected chi connectivity index (χ0v) is 19.8. The van der Waals surface area contributed by atoms with Gasteiger partial charge in [-0.05, 0) is 42.5 Å². The molecule has 3 aromatic carbocycles. The molecule has 2 N–H and O–H groups in total. The monoisotopic (exact) mass is 546 g/mol. The van der Waals surface area contributed by atoms with E-state index in [1.807, 2.05) is 0 Å². The third-order valence-corrected chi connectivity index (χ3v) is 6.91. The van der Waals surface area contributed by atoms with Crippen LogP contribution in [0, 0.1) is 10.1 Å². The average molecular weight is 546 g/mol. The maximum atomic E-state index is 12.8. The van der Waals surface area contributed by atoms with Gasteiger partial charge in [0.2, 0.25) is 0 Å². The van der Waals surface area contributed by atoms with Gasteiger partial charge in [-0.25, -0.2) is 18.1 Å². The standard InChI is InChI=1S/C22H14N2O11S2/c25-21(26)13-7-9-17(10-8-13)37(32,33)35-19-6-1-3-14-11-18(22(27)34-20(14)19)23(36(30)31)15-4-2-5-16(12-15)24(28)29/h1-12H,(H,25,26)(H,30,31). The minimum absolute atomic E-state index is 0.101. The van der Waals surface area contributed by atoms with Crippen LogP contribution in [0.1, 0.15) is 10.4 Å². The van der Waals surface area contributed by atoms with Crippen molar-refractivity contribution in [2.24, 2.45) is 0 Å². The number of benzene rings is 3. The van der Waals surface area contributed by atoms with E-state index in [-0.39, 0.29) is 32.9 Å². The predicted octanol–water partition coefficient (Wildman–Crippen LogP) is 3.44. The summed E-state index contributed by atoms with van der Waals surface area (Å²) in [7, 11) is -4.47. The summed E-state index contributed by atoms with van der Waals surface area (Å²) in [6, 6.07) is 14.0. The molecule has 1 unspecified atom stereocenters. The van der Waals surface area contributed by atoms with Gasteiger partial charge < -0.3 is 13.7 Å². The summed E-state index contributed by atoms with van der Waals surface area (Å²) in [5, 5.41) is 20.2. The molecule has 0 aliphatic rings. The number of hydrogen-bond donors (Lipinski definition) is 2. The van der Waals surface area contributed by atoms with Crippen molar-refractivity contribution in [2.45, 2.75) is 4.90 Å². The summed E-state index contributed by atoms with van der Waals surface area (Å²) in [5.41, 5.74) is -2.61. The molecule has 0 aliphatic carbocycles. The first-order valence-corrected chi connectivity index (χ1v) is 12.5. The lowest BCUT2D eigenvalue weighted by Crippen LogP contribution is -2.24. The van der Waals surface area contributed by atoms with Crippen molar-refractivity contribution >= 4 is 55.4 Å². The number of nitrogens with zero attached hydrogens (tertiary/aromatic N) is 2. The predicted molar refractivity (Wildman–Crippen MR) is 130 cm³/mol. The zero-order valence-electron chi connectivity index (χ0n) is 18.2. The summed E-state index contributed by atoms with van der Waals surface area (Å²) in [6.07, 6.45) is 0. The van der Waals surface area contributed by atoms with E-state index in [9.17, 15) is 36.9 Å². The Kier molecular flexibility index (Phi) is 6.76. The van der Waals surface area contributed by atoms with Gasteiger partial charge in [-0.2, -0.15) is 8.42 Å². The number of aromatic carboxylic acids is 1. The fourth-order valence-electron chi connectivity index (χ4n) is 3.29. The molecule has 37 heavy (non-hydrogen) atoms. The highest BCUT2D eigenvalue weighted by Crippen LogP contribution is 2.33. The van der Waals surface area contributed by atoms with E-state index in [4.69, 9.17) is 13.7 Å². The maximum absolute atomic E-state index is 12.8. The minimum atomic E-state index is -4.47. The van der Waals surface area contributed by atoms with Crippen LogP contribution in [0.4, 0.5) is 17.1 Å². The second-order valence-corrected chi connectivity index (χ2v) is 9.64. The van der Waals surface area contributed by atoms with Gasteiger partial charge in [0.15, 0.2) is 11.3 Å². The number of nitro groups is 1. The number of para-hydroxylation sites is 1. The van der Waals surface area contributed by atoms with Crippen LogP contribution < -0.4 is 14.1 Å². The van der Waals surface area contributed by atoms with E-state index in [1.165, 1.54) is 30.3 Å². The third kappa shape index (κ3) is 5.18. The summed E-state index contributed by atoms with van der Waals surface area (Å²) in [4.78, 5) is 33.8. The van der Waals surface area contributed by atoms with Gasteiger partial charge >= 0.3 is 21.7 Å². The number of fused-ring (bicyclic) bond motifs is 1. The fourth-order valence-corrected chi connectivity index (χ4v) is 4.81. The minimum Gasteiger partial charge on any atom is -0.478 e. The molecule has 190 valence electrons. The summed E-state index contributed by atoms with van der Waals surface area (Å²) in [6.45, 7) is 0. The van der Waals surface area contributed by atoms with Gasteiger partial charge in [-0.1, -0.05) is 18.2 Å². The molecular weight excluding hydrogens is 532 g/mol. The Balaban J connectivity index is 1.77. The van der Waals surface area contributed by atoms with E-state index in [0.29, 0.717) is 4.31 Å². The van der Waals surface area contributed by atoms with Crippen LogP contribution in [0.5, 0.6) is 5.75 Å². The average Bonchev–Trinajstić information content (AvgIpc) is 2.85. The van der Waals surface area contributed by atoms with Crippen LogP contribution in [0.2, 0.25) is 0 Å². The lowest BCUT2D eigenvalue weighted by Gasteiger charge is -2.19. The number of carbonyl (C=O) groups is 1. The Morgan fingerprint density at radius 3 is 2.35 bits per heavy atom. The SMILES string of the molecule is O=C(O)c1ccc(S(=O)(=O)Oc2cccc3cc(N(c4cccc([N+](=O)[O-])c4)S(=O)O)c(=O)oc23)cc1. The maximum Gasteiger partial charge on any atom is 0.361 e. The molecule has 1 atom stereocenters. The number of anilines is 2. The van der Waals surface area contributed by atoms with Crippen LogP contribution in [-0.2, 0) is 21.4 Å². The van der Waals surface area contributed by atoms with Crippen molar-refractivity contribution < 1.29 is 40.6 Å². The lowest BCUT2D eigenvalue weighted by atomic mass is 10.2. The smallest absolute Gasteiger partial charge is 0.361 e. The molecule has 0 amide bonds. The third-order valence-electron chi connectivity index (χ3n) is 4.94. The van der Waals surface area contributed by atoms with Gasteiger partial charge in [-0.15, -0.1) is 0 Å². The number of carboxylic acids is 1. The van der Waals surface area contributed by atoms with Gasteiger partial charge in [0.05, 0.1) is 16.2 Å². The quantitative estimate of drug-likeness (QED) is 0.108. The van der Waals surface area contributed by atoms with E-state index < -0.39 is 49.3 Å². The number of nitro benzene ring substituents is 1. The van der Waals surface area contributed by atoms with E-state index in [2.05, 4.69) is 0 Å². The largest absolute Gasteiger partial charge is 0.478 e. The van der Waals surface area contributed by atoms with Crippen LogP contribution >= 0.6 is 0 Å². The van der Waals surface area contributed by atoms with Gasteiger partial charge in [-0.3, -0.25) is 14.7 Å². The van der Waals surface area contributed by atoms with Crippen LogP contribution in [0.3, 0.4) is 0 Å². The Bertz CT molecular complexity index is 1730. The Hall–Kier alpha value is -4.60. The molecule has 1 aromatic heterocycles. The Morgan fingerprint density at radius 1 is 1.05 bits per heavy atom. The highest BCUT2D eigenvalue weighted by atomic mass is 32.2. The summed E-state index contributed by atoms with van der Waals surface area (Å²) >= 11 is -2.85. The molecule has 4 aromatic rings. The van der Waals surface area contributed by atoms with Crippen molar-refractivity contribution in [1.29, 1.82) is 0 Å². The van der Waals surface area contributed by atoms with Gasteiger partial charge in [0.25, 0.3) is 17.0 Å². The lowest BCUT2D eigenvalue weighted by molar-refractivity contribution is -0.384. The molecule has 0 aliphatic heterocycles. The topological polar surface area (TPSA) is 195 Å². The first-order valence-electron chi connectivity index (χ1n) is 9.98. The zero-order chi connectivity index (χ0) is 26.9. The van der Waals surface area contributed by atoms with Crippen molar-refractivity contribution in [3.05, 3.63) is 98.9 Å². The molecule has 0 radical (unpaired) electrons. The first-order chi connectivity index (χ1) is 17.5. The van der Waals surface area contributed by atoms with Crippen molar-refractivity contribution in [1.82, 2.24) is 0 Å². The molecule has 0 spiro atoms. The second-order valence-electron chi connectivity index (χ2n) is 7.26. The Labute approximate surface area is 209 Å². The van der Waals surface area contributed by atoms with E-state index in [0.717, 1.165) is 42.5 Å². The fraction of sp³-hybridized carbons (Fsp3) is 0. The Morgan fingerprint density at radius 2 is 1.73 bits per heavy atom. The molecule has 1 heterocycles. The molecule has 15 heteroatoms. The van der Waals surface area contributed by atoms with Crippen LogP contribution in [0.25, 0.3) is 11.0 Å². The van der Waals surface area contributed by atoms with E-state index >= 15 is 0 Å². The highest BCUT2D eigenvalue weighted by molar-refractivity contribution is 7.87. The molecule has 4 rings (SSSR count). The number of rotatable bonds is 8. The molecule has 0 saturated heterocycles. The first kappa shape index (κ1) is 25.5. The van der Waals surface area contributed by atoms with Gasteiger partial charge in [0, 0.05) is 17.5 Å². The van der Waals surface area contributed by atoms with Crippen LogP contribution in [-0.4, -0.2) is 33.2 Å². The molecule has 0 fully saturated rings. The van der Waals surface area contributed by atoms with Crippen molar-refractivity contribution in [3.63, 3.8) is 0 Å². The molecule has 0 saturated carbocycles. The number of non-ortho nitro benzene ring substituents is 1.